The minimum Gasteiger partial charge on any atom is -0.309 e. The molecule has 288 valence electrons. The molecule has 13 rings (SSSR count). The lowest BCUT2D eigenvalue weighted by Gasteiger charge is -2.15. The summed E-state index contributed by atoms with van der Waals surface area (Å²) in [6.45, 7) is 0. The quantitative estimate of drug-likeness (QED) is 0.163. The maximum atomic E-state index is 5.20. The van der Waals surface area contributed by atoms with Crippen LogP contribution in [0.5, 0.6) is 0 Å². The Balaban J connectivity index is 1.06. The fourth-order valence-electron chi connectivity index (χ4n) is 9.83. The number of nitrogens with zero attached hydrogens (tertiary/aromatic N) is 5. The van der Waals surface area contributed by atoms with Gasteiger partial charge < -0.3 is 4.57 Å². The summed E-state index contributed by atoms with van der Waals surface area (Å²) >= 11 is 0. The van der Waals surface area contributed by atoms with Gasteiger partial charge in [0.15, 0.2) is 11.6 Å². The Labute approximate surface area is 356 Å². The van der Waals surface area contributed by atoms with E-state index in [2.05, 4.69) is 185 Å². The zero-order chi connectivity index (χ0) is 40.7. The standard InChI is InChI=1S/C57H35N5/c1-3-17-36(18-4-1)55-58-56(37-19-5-2-6-20-37)60-57(59-55)62-51-32-14-12-27-45(51)49-34-52-48(35-53(49)62)44-26-11-13-31-50(44)61(52)39-22-15-21-38(33-39)40-29-16-30-47-43-24-8-7-23-41(43)42-25-9-10-28-46(42)54(40)47/h1-35H. The molecule has 0 aliphatic carbocycles. The van der Waals surface area contributed by atoms with Gasteiger partial charge in [0.2, 0.25) is 5.95 Å². The number of para-hydroxylation sites is 2. The van der Waals surface area contributed by atoms with Gasteiger partial charge in [0.05, 0.1) is 22.1 Å². The molecule has 0 saturated carbocycles. The molecule has 13 aromatic rings. The molecule has 3 heterocycles. The van der Waals surface area contributed by atoms with Gasteiger partial charge in [0, 0.05) is 38.4 Å². The van der Waals surface area contributed by atoms with Crippen molar-refractivity contribution in [2.45, 2.75) is 0 Å². The Morgan fingerprint density at radius 3 is 1.31 bits per heavy atom. The van der Waals surface area contributed by atoms with E-state index in [0.717, 1.165) is 55.0 Å². The average Bonchev–Trinajstić information content (AvgIpc) is 3.85. The van der Waals surface area contributed by atoms with Gasteiger partial charge in [-0.2, -0.15) is 9.97 Å². The van der Waals surface area contributed by atoms with Gasteiger partial charge in [-0.05, 0) is 79.8 Å². The maximum Gasteiger partial charge on any atom is 0.238 e. The van der Waals surface area contributed by atoms with Crippen molar-refractivity contribution in [2.75, 3.05) is 0 Å². The van der Waals surface area contributed by atoms with E-state index in [-0.39, 0.29) is 0 Å². The van der Waals surface area contributed by atoms with Crippen LogP contribution >= 0.6 is 0 Å². The van der Waals surface area contributed by atoms with Crippen LogP contribution in [0.25, 0.3) is 121 Å². The molecular formula is C57H35N5. The van der Waals surface area contributed by atoms with Crippen molar-refractivity contribution < 1.29 is 0 Å². The molecule has 5 heteroatoms. The summed E-state index contributed by atoms with van der Waals surface area (Å²) in [5.41, 5.74) is 9.74. The molecule has 0 fully saturated rings. The van der Waals surface area contributed by atoms with Crippen molar-refractivity contribution in [1.82, 2.24) is 24.1 Å². The highest BCUT2D eigenvalue weighted by Gasteiger charge is 2.22. The monoisotopic (exact) mass is 789 g/mol. The van der Waals surface area contributed by atoms with Gasteiger partial charge in [0.1, 0.15) is 0 Å². The summed E-state index contributed by atoms with van der Waals surface area (Å²) in [5.74, 6) is 1.84. The second-order valence-corrected chi connectivity index (χ2v) is 16.0. The summed E-state index contributed by atoms with van der Waals surface area (Å²) in [7, 11) is 0. The summed E-state index contributed by atoms with van der Waals surface area (Å²) < 4.78 is 4.65. The second kappa shape index (κ2) is 13.6. The highest BCUT2D eigenvalue weighted by Crippen LogP contribution is 2.43. The Morgan fingerprint density at radius 2 is 0.710 bits per heavy atom. The molecule has 0 bridgehead atoms. The van der Waals surface area contributed by atoms with E-state index in [4.69, 9.17) is 15.0 Å². The van der Waals surface area contributed by atoms with E-state index in [9.17, 15) is 0 Å². The van der Waals surface area contributed by atoms with Gasteiger partial charge >= 0.3 is 0 Å². The molecule has 0 amide bonds. The van der Waals surface area contributed by atoms with Crippen LogP contribution in [-0.4, -0.2) is 24.1 Å². The van der Waals surface area contributed by atoms with Gasteiger partial charge in [-0.1, -0.05) is 176 Å². The Kier molecular flexibility index (Phi) is 7.54. The van der Waals surface area contributed by atoms with E-state index >= 15 is 0 Å². The molecule has 0 unspecified atom stereocenters. The van der Waals surface area contributed by atoms with Gasteiger partial charge in [0.25, 0.3) is 0 Å². The second-order valence-electron chi connectivity index (χ2n) is 16.0. The van der Waals surface area contributed by atoms with E-state index in [0.29, 0.717) is 17.6 Å². The van der Waals surface area contributed by atoms with Crippen molar-refractivity contribution in [3.63, 3.8) is 0 Å². The third kappa shape index (κ3) is 5.18. The summed E-state index contributed by atoms with van der Waals surface area (Å²) in [4.78, 5) is 15.4. The minimum absolute atomic E-state index is 0.579. The lowest BCUT2D eigenvalue weighted by Crippen LogP contribution is -2.06. The van der Waals surface area contributed by atoms with Crippen LogP contribution in [0.3, 0.4) is 0 Å². The normalized spacial score (nSPS) is 11.9. The predicted molar refractivity (Wildman–Crippen MR) is 257 cm³/mol. The molecule has 0 atom stereocenters. The SMILES string of the molecule is c1ccc(-c2nc(-c3ccccc3)nc(-n3c4ccccc4c4cc5c(cc43)c3ccccc3n5-c3cccc(-c4cccc5c6ccccc6c6ccccc6c45)c3)n2)cc1. The van der Waals surface area contributed by atoms with Crippen LogP contribution < -0.4 is 0 Å². The molecule has 0 aliphatic rings. The Hall–Kier alpha value is -8.41. The molecule has 0 radical (unpaired) electrons. The van der Waals surface area contributed by atoms with Crippen LogP contribution in [-0.2, 0) is 0 Å². The number of fused-ring (bicyclic) bond motifs is 12. The highest BCUT2D eigenvalue weighted by molar-refractivity contribution is 6.28. The molecule has 0 N–H and O–H groups in total. The first-order valence-corrected chi connectivity index (χ1v) is 21.0. The number of hydrogen-bond donors (Lipinski definition) is 0. The van der Waals surface area contributed by atoms with Crippen molar-refractivity contribution in [1.29, 1.82) is 0 Å². The third-order valence-electron chi connectivity index (χ3n) is 12.5. The summed E-state index contributed by atoms with van der Waals surface area (Å²) in [5, 5.41) is 12.2. The predicted octanol–water partition coefficient (Wildman–Crippen LogP) is 14.5. The number of aromatic nitrogens is 5. The van der Waals surface area contributed by atoms with Crippen molar-refractivity contribution in [3.05, 3.63) is 212 Å². The summed E-state index contributed by atoms with van der Waals surface area (Å²) in [6.07, 6.45) is 0. The zero-order valence-electron chi connectivity index (χ0n) is 33.4. The molecule has 3 aromatic heterocycles. The van der Waals surface area contributed by atoms with Crippen LogP contribution in [0.15, 0.2) is 212 Å². The highest BCUT2D eigenvalue weighted by atomic mass is 15.2. The van der Waals surface area contributed by atoms with E-state index in [1.807, 2.05) is 36.4 Å². The molecule has 0 spiro atoms. The van der Waals surface area contributed by atoms with Crippen LogP contribution in [0.4, 0.5) is 0 Å². The number of benzene rings is 10. The van der Waals surface area contributed by atoms with Crippen LogP contribution in [0.2, 0.25) is 0 Å². The molecule has 0 saturated heterocycles. The topological polar surface area (TPSA) is 48.5 Å². The lowest BCUT2D eigenvalue weighted by molar-refractivity contribution is 0.954. The summed E-state index contributed by atoms with van der Waals surface area (Å²) in [6, 6.07) is 75.8. The van der Waals surface area contributed by atoms with E-state index < -0.39 is 0 Å². The van der Waals surface area contributed by atoms with Crippen LogP contribution in [0.1, 0.15) is 0 Å². The van der Waals surface area contributed by atoms with Gasteiger partial charge in [-0.3, -0.25) is 4.57 Å². The van der Waals surface area contributed by atoms with Gasteiger partial charge in [-0.15, -0.1) is 0 Å². The maximum absolute atomic E-state index is 5.20. The van der Waals surface area contributed by atoms with Crippen molar-refractivity contribution >= 4 is 75.9 Å². The molecule has 10 aromatic carbocycles. The molecule has 62 heavy (non-hydrogen) atoms. The Morgan fingerprint density at radius 1 is 0.274 bits per heavy atom. The van der Waals surface area contributed by atoms with E-state index in [1.54, 1.807) is 0 Å². The Bertz CT molecular complexity index is 3820. The first-order valence-electron chi connectivity index (χ1n) is 21.0. The van der Waals surface area contributed by atoms with E-state index in [1.165, 1.54) is 48.8 Å². The number of hydrogen-bond acceptors (Lipinski definition) is 3. The number of rotatable bonds is 5. The molecular weight excluding hydrogens is 755 g/mol. The lowest BCUT2D eigenvalue weighted by atomic mass is 9.89. The van der Waals surface area contributed by atoms with Gasteiger partial charge in [-0.25, -0.2) is 4.98 Å². The average molecular weight is 790 g/mol. The largest absolute Gasteiger partial charge is 0.309 e. The zero-order valence-corrected chi connectivity index (χ0v) is 33.4. The van der Waals surface area contributed by atoms with Crippen molar-refractivity contribution in [2.24, 2.45) is 0 Å². The fourth-order valence-corrected chi connectivity index (χ4v) is 9.83. The molecule has 5 nitrogen and oxygen atoms in total. The minimum atomic E-state index is 0.579. The molecule has 0 aliphatic heterocycles. The van der Waals surface area contributed by atoms with Crippen LogP contribution in [0, 0.1) is 0 Å². The van der Waals surface area contributed by atoms with Crippen molar-refractivity contribution in [3.8, 4) is 45.5 Å². The first-order chi connectivity index (χ1) is 30.8. The fraction of sp³-hybridized carbons (Fsp3) is 0. The smallest absolute Gasteiger partial charge is 0.238 e. The first kappa shape index (κ1) is 34.5. The third-order valence-corrected chi connectivity index (χ3v) is 12.5.